The van der Waals surface area contributed by atoms with Gasteiger partial charge in [-0.05, 0) is 81.3 Å². The summed E-state index contributed by atoms with van der Waals surface area (Å²) >= 11 is 10.4. The van der Waals surface area contributed by atoms with Gasteiger partial charge >= 0.3 is 0 Å². The van der Waals surface area contributed by atoms with Gasteiger partial charge in [-0.25, -0.2) is 8.75 Å². The van der Waals surface area contributed by atoms with E-state index in [9.17, 15) is 0 Å². The van der Waals surface area contributed by atoms with E-state index in [0.717, 1.165) is 57.2 Å². The van der Waals surface area contributed by atoms with Crippen LogP contribution in [0.1, 0.15) is 164 Å². The number of hydrogen-bond donors (Lipinski definition) is 0. The van der Waals surface area contributed by atoms with Crippen molar-refractivity contribution in [1.82, 2.24) is 17.5 Å². The molecule has 0 aliphatic heterocycles. The van der Waals surface area contributed by atoms with Crippen LogP contribution < -0.4 is 0 Å². The van der Waals surface area contributed by atoms with E-state index >= 15 is 0 Å². The minimum atomic E-state index is -0.0244. The molecule has 0 atom stereocenters. The van der Waals surface area contributed by atoms with Crippen LogP contribution in [0, 0.1) is 12.1 Å². The molecule has 0 unspecified atom stereocenters. The molecule has 1 aliphatic rings. The van der Waals surface area contributed by atoms with Crippen LogP contribution in [0.15, 0.2) is 48.5 Å². The maximum absolute atomic E-state index is 4.98. The predicted octanol–water partition coefficient (Wildman–Crippen LogP) is 18.7. The van der Waals surface area contributed by atoms with Gasteiger partial charge in [0.2, 0.25) is 0 Å². The van der Waals surface area contributed by atoms with Crippen molar-refractivity contribution in [3.05, 3.63) is 81.5 Å². The van der Waals surface area contributed by atoms with Crippen molar-refractivity contribution in [1.29, 1.82) is 0 Å². The summed E-state index contributed by atoms with van der Waals surface area (Å²) in [6.07, 6.45) is 25.1. The molecule has 8 aromatic rings. The summed E-state index contributed by atoms with van der Waals surface area (Å²) in [6.45, 7) is 9.21. The van der Waals surface area contributed by atoms with E-state index in [2.05, 4.69) is 88.4 Å². The van der Waals surface area contributed by atoms with Crippen LogP contribution in [0.3, 0.4) is 0 Å². The van der Waals surface area contributed by atoms with Gasteiger partial charge < -0.3 is 0 Å². The van der Waals surface area contributed by atoms with Crippen LogP contribution in [0.4, 0.5) is 0 Å². The van der Waals surface area contributed by atoms with Crippen molar-refractivity contribution in [2.75, 3.05) is 0 Å². The molecule has 0 spiro atoms. The second-order valence-corrected chi connectivity index (χ2v) is 23.1. The third-order valence-electron chi connectivity index (χ3n) is 13.2. The summed E-state index contributed by atoms with van der Waals surface area (Å²) in [4.78, 5) is 10.9. The Morgan fingerprint density at radius 3 is 1.26 bits per heavy atom. The first-order chi connectivity index (χ1) is 31.1. The van der Waals surface area contributed by atoms with Crippen LogP contribution in [0.25, 0.3) is 73.6 Å². The normalized spacial score (nSPS) is 12.8. The number of unbranched alkanes of at least 4 members (excludes halogenated alkanes) is 12. The predicted molar refractivity (Wildman–Crippen MR) is 279 cm³/mol. The standard InChI is InChI=1S/C53H60N4S6.2W/c1-5-9-13-17-21-35-23-29-43(58-35)37-25-27-39(49-47(37)54-62-56-49)45-33-41-51(60-45)52-42(53(41,31-19-15-11-7-3)32-20-16-12-8-4)34-46(61-52)40-28-26-38(48-50(40)57-63-55-48)44-30-24-36(59-44)22-18-14-10-6-2;;/h23-26,29-30,33-34H,5-22,31-32H2,1-4H3;;/q-2;;. The molecule has 0 saturated heterocycles. The van der Waals surface area contributed by atoms with Crippen molar-refractivity contribution in [2.45, 2.75) is 162 Å². The summed E-state index contributed by atoms with van der Waals surface area (Å²) in [5, 5.41) is 0. The minimum Gasteiger partial charge on any atom is -0.224 e. The summed E-state index contributed by atoms with van der Waals surface area (Å²) in [6, 6.07) is 26.3. The zero-order chi connectivity index (χ0) is 43.2. The van der Waals surface area contributed by atoms with E-state index in [1.807, 2.05) is 45.3 Å². The molecule has 6 heterocycles. The fourth-order valence-corrected chi connectivity index (χ4v) is 15.7. The number of aryl methyl sites for hydroxylation is 2. The molecule has 0 bridgehead atoms. The molecule has 9 rings (SSSR count). The maximum atomic E-state index is 4.98. The number of thiophene rings is 4. The van der Waals surface area contributed by atoms with Crippen LogP contribution in [0.5, 0.6) is 0 Å². The molecule has 65 heavy (non-hydrogen) atoms. The number of fused-ring (bicyclic) bond motifs is 5. The SMILES string of the molecule is CCCCCCc1ccc(-c2c[c-]c(-c3cc4c(s3)-c3sc(-c5[c-]cc(-c6ccc(CCCCCC)s6)c6nsnc56)cc3C4(CCCCCC)CCCCCC)c3nsnc23)s1.[W].[W]. The Kier molecular flexibility index (Phi) is 19.0. The van der Waals surface area contributed by atoms with Gasteiger partial charge in [-0.2, -0.15) is 54.1 Å². The second kappa shape index (κ2) is 24.2. The first-order valence-electron chi connectivity index (χ1n) is 23.9. The molecular weight excluding hydrogens is 1250 g/mol. The molecular formula is C53H60N4S6W2-2. The summed E-state index contributed by atoms with van der Waals surface area (Å²) in [5.41, 5.74) is 11.6. The average Bonchev–Trinajstić information content (AvgIpc) is 4.17. The zero-order valence-electron chi connectivity index (χ0n) is 38.3. The molecule has 0 saturated carbocycles. The first-order valence-corrected chi connectivity index (χ1v) is 28.6. The van der Waals surface area contributed by atoms with Gasteiger partial charge in [-0.3, -0.25) is 0 Å². The van der Waals surface area contributed by atoms with Crippen LogP contribution in [-0.2, 0) is 60.4 Å². The molecule has 1 aliphatic carbocycles. The number of nitrogens with zero attached hydrogens (tertiary/aromatic N) is 4. The first kappa shape index (κ1) is 51.1. The molecule has 2 aromatic carbocycles. The van der Waals surface area contributed by atoms with E-state index in [-0.39, 0.29) is 47.5 Å². The molecule has 12 heteroatoms. The molecule has 0 radical (unpaired) electrons. The number of rotatable bonds is 24. The van der Waals surface area contributed by atoms with Gasteiger partial charge in [-0.1, -0.05) is 153 Å². The van der Waals surface area contributed by atoms with Crippen molar-refractivity contribution in [3.8, 4) is 51.5 Å². The van der Waals surface area contributed by atoms with Gasteiger partial charge in [0.15, 0.2) is 0 Å². The molecule has 6 aromatic heterocycles. The monoisotopic (exact) mass is 1310 g/mol. The summed E-state index contributed by atoms with van der Waals surface area (Å²) < 4.78 is 19.8. The molecule has 0 N–H and O–H groups in total. The van der Waals surface area contributed by atoms with Crippen LogP contribution >= 0.6 is 68.8 Å². The minimum absolute atomic E-state index is 0. The maximum Gasteiger partial charge on any atom is 0.0572 e. The Morgan fingerprint density at radius 2 is 0.846 bits per heavy atom. The van der Waals surface area contributed by atoms with Gasteiger partial charge in [-0.15, -0.1) is 35.4 Å². The third-order valence-corrected chi connectivity index (χ3v) is 19.1. The van der Waals surface area contributed by atoms with Crippen molar-refractivity contribution in [3.63, 3.8) is 0 Å². The number of benzene rings is 2. The second-order valence-electron chi connectivity index (χ2n) is 17.6. The zero-order valence-corrected chi connectivity index (χ0v) is 49.1. The van der Waals surface area contributed by atoms with E-state index in [4.69, 9.17) is 17.5 Å². The Balaban J connectivity index is 0.00000315. The Bertz CT molecular complexity index is 2560. The Labute approximate surface area is 440 Å². The smallest absolute Gasteiger partial charge is 0.0572 e. The van der Waals surface area contributed by atoms with E-state index in [0.29, 0.717) is 0 Å². The molecule has 0 fully saturated rings. The van der Waals surface area contributed by atoms with E-state index < -0.39 is 0 Å². The van der Waals surface area contributed by atoms with E-state index in [1.165, 1.54) is 189 Å². The molecule has 0 amide bonds. The Hall–Kier alpha value is -1.74. The number of hydrogen-bond acceptors (Lipinski definition) is 10. The third kappa shape index (κ3) is 10.9. The van der Waals surface area contributed by atoms with E-state index in [1.54, 1.807) is 0 Å². The Morgan fingerprint density at radius 1 is 0.446 bits per heavy atom. The van der Waals surface area contributed by atoms with Crippen LogP contribution in [0.2, 0.25) is 0 Å². The number of aromatic nitrogens is 4. The fraction of sp³-hybridized carbons (Fsp3) is 0.472. The average molecular weight is 1310 g/mol. The fourth-order valence-electron chi connectivity index (χ4n) is 9.73. The van der Waals surface area contributed by atoms with Crippen molar-refractivity contribution >= 4 is 90.9 Å². The van der Waals surface area contributed by atoms with Gasteiger partial charge in [0.1, 0.15) is 0 Å². The van der Waals surface area contributed by atoms with Crippen LogP contribution in [-0.4, -0.2) is 17.5 Å². The molecule has 342 valence electrons. The van der Waals surface area contributed by atoms with Crippen molar-refractivity contribution in [2.24, 2.45) is 0 Å². The van der Waals surface area contributed by atoms with Gasteiger partial charge in [0.25, 0.3) is 0 Å². The van der Waals surface area contributed by atoms with Gasteiger partial charge in [0.05, 0.1) is 23.5 Å². The van der Waals surface area contributed by atoms with Crippen molar-refractivity contribution < 1.29 is 42.1 Å². The topological polar surface area (TPSA) is 51.6 Å². The summed E-state index contributed by atoms with van der Waals surface area (Å²) in [5.74, 6) is 0. The molecule has 4 nitrogen and oxygen atoms in total. The van der Waals surface area contributed by atoms with Gasteiger partial charge in [0, 0.05) is 89.1 Å². The quantitative estimate of drug-likeness (QED) is 0.0447. The largest absolute Gasteiger partial charge is 0.224 e. The summed E-state index contributed by atoms with van der Waals surface area (Å²) in [7, 11) is 0.